The minimum atomic E-state index is -0.647. The Balaban J connectivity index is 0.916. The third-order valence-corrected chi connectivity index (χ3v) is 11.4. The van der Waals surface area contributed by atoms with E-state index in [0.29, 0.717) is 17.5 Å². The molecule has 6 aliphatic rings. The van der Waals surface area contributed by atoms with Crippen LogP contribution in [0.15, 0.2) is 30.3 Å². The fraction of sp³-hybridized carbons (Fsp3) is 0.629. The van der Waals surface area contributed by atoms with Gasteiger partial charge >= 0.3 is 0 Å². The molecule has 0 radical (unpaired) electrons. The summed E-state index contributed by atoms with van der Waals surface area (Å²) < 4.78 is 0. The maximum Gasteiger partial charge on any atom is 0.259 e. The van der Waals surface area contributed by atoms with Gasteiger partial charge in [-0.1, -0.05) is 31.0 Å². The maximum atomic E-state index is 13.4. The van der Waals surface area contributed by atoms with Crippen LogP contribution in [-0.2, 0) is 16.1 Å². The van der Waals surface area contributed by atoms with Gasteiger partial charge in [0.2, 0.25) is 11.8 Å². The van der Waals surface area contributed by atoms with Crippen LogP contribution < -0.4 is 10.2 Å². The summed E-state index contributed by atoms with van der Waals surface area (Å²) in [6, 6.07) is 9.34. The Morgan fingerprint density at radius 1 is 0.881 bits per heavy atom. The van der Waals surface area contributed by atoms with Gasteiger partial charge in [0.05, 0.1) is 5.69 Å². The van der Waals surface area contributed by atoms with E-state index < -0.39 is 6.04 Å². The van der Waals surface area contributed by atoms with Crippen LogP contribution in [0.3, 0.4) is 0 Å². The molecule has 0 spiro atoms. The Morgan fingerprint density at radius 2 is 1.57 bits per heavy atom. The van der Waals surface area contributed by atoms with Gasteiger partial charge in [-0.25, -0.2) is 0 Å². The van der Waals surface area contributed by atoms with E-state index in [1.165, 1.54) is 76.3 Å². The normalized spacial score (nSPS) is 29.9. The minimum Gasteiger partial charge on any atom is -0.302 e. The summed E-state index contributed by atoms with van der Waals surface area (Å²) in [5.41, 5.74) is 3.16. The molecule has 2 aromatic carbocycles. The van der Waals surface area contributed by atoms with Gasteiger partial charge < -0.3 is 9.80 Å². The first-order chi connectivity index (χ1) is 20.3. The monoisotopic (exact) mass is 570 g/mol. The molecule has 5 fully saturated rings. The summed E-state index contributed by atoms with van der Waals surface area (Å²) in [5, 5.41) is 4.41. The molecule has 1 N–H and O–H groups in total. The highest BCUT2D eigenvalue weighted by molar-refractivity contribution is 6.27. The molecule has 7 heteroatoms. The van der Waals surface area contributed by atoms with Crippen LogP contribution in [0.1, 0.15) is 93.0 Å². The van der Waals surface area contributed by atoms with Crippen molar-refractivity contribution >= 4 is 34.2 Å². The van der Waals surface area contributed by atoms with Crippen LogP contribution in [0.4, 0.5) is 5.69 Å². The first kappa shape index (κ1) is 28.0. The molecule has 1 saturated heterocycles. The van der Waals surface area contributed by atoms with E-state index in [9.17, 15) is 14.4 Å². The lowest BCUT2D eigenvalue weighted by atomic mass is 9.52. The summed E-state index contributed by atoms with van der Waals surface area (Å²) >= 11 is 0. The van der Waals surface area contributed by atoms with Crippen LogP contribution in [-0.4, -0.2) is 66.3 Å². The molecule has 1 atom stereocenters. The number of carbonyl (C=O) groups excluding carboxylic acids is 3. The van der Waals surface area contributed by atoms with Crippen molar-refractivity contribution in [3.05, 3.63) is 41.5 Å². The number of anilines is 1. The topological polar surface area (TPSA) is 73.0 Å². The number of piperidine rings is 1. The molecule has 1 unspecified atom stereocenters. The SMILES string of the molecule is CN(CCCCCCN(C)C12CC3CC(CC(C3)C1)C2)Cc1ccc2c3c(cccc13)C(=O)N2C1CCC(=O)NC1=O. The van der Waals surface area contributed by atoms with Crippen LogP contribution in [0.25, 0.3) is 10.8 Å². The number of rotatable bonds is 11. The van der Waals surface area contributed by atoms with Crippen LogP contribution in [0.2, 0.25) is 0 Å². The molecule has 7 nitrogen and oxygen atoms in total. The lowest BCUT2D eigenvalue weighted by Crippen LogP contribution is -2.58. The fourth-order valence-electron chi connectivity index (χ4n) is 9.67. The predicted molar refractivity (Wildman–Crippen MR) is 165 cm³/mol. The van der Waals surface area contributed by atoms with Crippen molar-refractivity contribution in [3.63, 3.8) is 0 Å². The zero-order valence-corrected chi connectivity index (χ0v) is 25.4. The van der Waals surface area contributed by atoms with E-state index in [-0.39, 0.29) is 24.1 Å². The average Bonchev–Trinajstić information content (AvgIpc) is 3.23. The Labute approximate surface area is 250 Å². The molecule has 2 heterocycles. The molecule has 2 aromatic rings. The van der Waals surface area contributed by atoms with E-state index in [1.54, 1.807) is 4.90 Å². The Hall–Kier alpha value is -2.77. The second-order valence-electron chi connectivity index (χ2n) is 14.3. The van der Waals surface area contributed by atoms with Crippen molar-refractivity contribution in [2.75, 3.05) is 32.1 Å². The quantitative estimate of drug-likeness (QED) is 0.285. The summed E-state index contributed by atoms with van der Waals surface area (Å²) in [7, 11) is 4.60. The van der Waals surface area contributed by atoms with Crippen LogP contribution >= 0.6 is 0 Å². The lowest BCUT2D eigenvalue weighted by Gasteiger charge is -2.60. The second-order valence-corrected chi connectivity index (χ2v) is 14.3. The molecule has 4 saturated carbocycles. The zero-order chi connectivity index (χ0) is 29.0. The number of hydrogen-bond acceptors (Lipinski definition) is 5. The maximum absolute atomic E-state index is 13.4. The van der Waals surface area contributed by atoms with E-state index >= 15 is 0 Å². The van der Waals surface area contributed by atoms with Crippen molar-refractivity contribution in [3.8, 4) is 0 Å². The number of imide groups is 1. The molecule has 42 heavy (non-hydrogen) atoms. The molecule has 4 bridgehead atoms. The molecular weight excluding hydrogens is 524 g/mol. The molecule has 2 aliphatic heterocycles. The van der Waals surface area contributed by atoms with E-state index in [1.807, 2.05) is 18.2 Å². The van der Waals surface area contributed by atoms with Crippen molar-refractivity contribution < 1.29 is 14.4 Å². The zero-order valence-electron chi connectivity index (χ0n) is 25.4. The molecule has 8 rings (SSSR count). The first-order valence-electron chi connectivity index (χ1n) is 16.4. The van der Waals surface area contributed by atoms with E-state index in [2.05, 4.69) is 41.3 Å². The Bertz CT molecular complexity index is 1370. The third-order valence-electron chi connectivity index (χ3n) is 11.4. The Morgan fingerprint density at radius 3 is 2.26 bits per heavy atom. The number of carbonyl (C=O) groups is 3. The highest BCUT2D eigenvalue weighted by Crippen LogP contribution is 2.57. The average molecular weight is 571 g/mol. The van der Waals surface area contributed by atoms with E-state index in [4.69, 9.17) is 0 Å². The standard InChI is InChI=1S/C35H46N4O3/c1-37(14-5-3-4-6-15-38(2)35-19-23-16-24(20-35)18-25(17-23)21-35)22-26-10-11-29-32-27(26)8-7-9-28(32)34(42)39(29)30-12-13-31(40)36-33(30)41/h7-11,23-25,30H,3-6,12-22H2,1-2H3,(H,36,40,41). The van der Waals surface area contributed by atoms with Crippen LogP contribution in [0, 0.1) is 17.8 Å². The lowest BCUT2D eigenvalue weighted by molar-refractivity contribution is -0.134. The van der Waals surface area contributed by atoms with Crippen molar-refractivity contribution in [2.24, 2.45) is 17.8 Å². The second kappa shape index (κ2) is 11.1. The van der Waals surface area contributed by atoms with Gasteiger partial charge in [-0.2, -0.15) is 0 Å². The Kier molecular flexibility index (Phi) is 7.38. The van der Waals surface area contributed by atoms with Gasteiger partial charge in [-0.15, -0.1) is 0 Å². The smallest absolute Gasteiger partial charge is 0.259 e. The van der Waals surface area contributed by atoms with Crippen molar-refractivity contribution in [1.29, 1.82) is 0 Å². The van der Waals surface area contributed by atoms with Gasteiger partial charge in [-0.05, 0) is 126 Å². The predicted octanol–water partition coefficient (Wildman–Crippen LogP) is 5.50. The number of amides is 3. The molecule has 224 valence electrons. The molecular formula is C35H46N4O3. The summed E-state index contributed by atoms with van der Waals surface area (Å²) in [6.45, 7) is 3.12. The van der Waals surface area contributed by atoms with Gasteiger partial charge in [0.25, 0.3) is 5.91 Å². The number of unbranched alkanes of at least 4 members (excludes halogenated alkanes) is 3. The fourth-order valence-corrected chi connectivity index (χ4v) is 9.67. The highest BCUT2D eigenvalue weighted by Gasteiger charge is 2.52. The van der Waals surface area contributed by atoms with Gasteiger partial charge in [0.15, 0.2) is 0 Å². The number of benzene rings is 2. The minimum absolute atomic E-state index is 0.149. The van der Waals surface area contributed by atoms with Gasteiger partial charge in [-0.3, -0.25) is 24.6 Å². The third kappa shape index (κ3) is 4.96. The van der Waals surface area contributed by atoms with Gasteiger partial charge in [0.1, 0.15) is 6.04 Å². The number of hydrogen-bond donors (Lipinski definition) is 1. The molecule has 4 aliphatic carbocycles. The number of nitrogens with zero attached hydrogens (tertiary/aromatic N) is 3. The summed E-state index contributed by atoms with van der Waals surface area (Å²) in [4.78, 5) is 44.5. The molecule has 0 aromatic heterocycles. The largest absolute Gasteiger partial charge is 0.302 e. The van der Waals surface area contributed by atoms with Crippen molar-refractivity contribution in [1.82, 2.24) is 15.1 Å². The summed E-state index contributed by atoms with van der Waals surface area (Å²) in [5.74, 6) is 2.23. The van der Waals surface area contributed by atoms with Crippen molar-refractivity contribution in [2.45, 2.75) is 95.2 Å². The van der Waals surface area contributed by atoms with Crippen LogP contribution in [0.5, 0.6) is 0 Å². The van der Waals surface area contributed by atoms with Gasteiger partial charge in [0, 0.05) is 29.5 Å². The number of nitrogens with one attached hydrogen (secondary N) is 1. The summed E-state index contributed by atoms with van der Waals surface area (Å²) in [6.07, 6.45) is 14.6. The molecule has 3 amide bonds. The van der Waals surface area contributed by atoms with E-state index in [0.717, 1.165) is 47.3 Å². The highest BCUT2D eigenvalue weighted by atomic mass is 16.2. The first-order valence-corrected chi connectivity index (χ1v) is 16.4.